The van der Waals surface area contributed by atoms with Gasteiger partial charge in [0, 0.05) is 0 Å². The zero-order valence-electron chi connectivity index (χ0n) is 21.9. The summed E-state index contributed by atoms with van der Waals surface area (Å²) in [5, 5.41) is 9.38. The lowest BCUT2D eigenvalue weighted by Gasteiger charge is -2.09. The Kier molecular flexibility index (Phi) is 19.5. The maximum absolute atomic E-state index is 12.0. The first-order chi connectivity index (χ1) is 17.1. The van der Waals surface area contributed by atoms with Gasteiger partial charge in [0.25, 0.3) is 0 Å². The van der Waals surface area contributed by atoms with Crippen molar-refractivity contribution < 1.29 is 24.2 Å². The summed E-state index contributed by atoms with van der Waals surface area (Å²) in [6, 6.07) is 9.27. The molecular formula is C30H48O5. The summed E-state index contributed by atoms with van der Waals surface area (Å²) in [5.74, 6) is -1.66. The second kappa shape index (κ2) is 22.2. The number of carbonyl (C=O) groups is 2. The molecule has 1 N–H and O–H groups in total. The topological polar surface area (TPSA) is 72.8 Å². The van der Waals surface area contributed by atoms with Crippen molar-refractivity contribution in [2.45, 2.75) is 110 Å². The predicted molar refractivity (Wildman–Crippen MR) is 143 cm³/mol. The van der Waals surface area contributed by atoms with Crippen LogP contribution in [-0.4, -0.2) is 30.3 Å². The molecule has 198 valence electrons. The number of aliphatic carboxylic acids is 1. The van der Waals surface area contributed by atoms with Crippen molar-refractivity contribution in [2.24, 2.45) is 5.92 Å². The first-order valence-corrected chi connectivity index (χ1v) is 13.9. The van der Waals surface area contributed by atoms with E-state index in [0.717, 1.165) is 12.8 Å². The summed E-state index contributed by atoms with van der Waals surface area (Å²) in [4.78, 5) is 23.4. The Labute approximate surface area is 213 Å². The molecule has 1 atom stereocenters. The van der Waals surface area contributed by atoms with E-state index in [-0.39, 0.29) is 19.6 Å². The molecule has 0 saturated carbocycles. The van der Waals surface area contributed by atoms with E-state index in [0.29, 0.717) is 5.75 Å². The number of rotatable bonds is 23. The highest BCUT2D eigenvalue weighted by Gasteiger charge is 2.19. The van der Waals surface area contributed by atoms with Crippen LogP contribution in [0.1, 0.15) is 110 Å². The Morgan fingerprint density at radius 1 is 0.800 bits per heavy atom. The summed E-state index contributed by atoms with van der Waals surface area (Å²) in [6.45, 7) is 2.60. The fraction of sp³-hybridized carbons (Fsp3) is 0.667. The van der Waals surface area contributed by atoms with Crippen LogP contribution in [0.3, 0.4) is 0 Å². The van der Waals surface area contributed by atoms with E-state index in [4.69, 9.17) is 9.47 Å². The van der Waals surface area contributed by atoms with Crippen LogP contribution in [0.4, 0.5) is 0 Å². The number of unbranched alkanes of at least 4 members (excludes halogenated alkanes) is 14. The van der Waals surface area contributed by atoms with Crippen molar-refractivity contribution in [3.8, 4) is 5.75 Å². The molecule has 0 aliphatic heterocycles. The van der Waals surface area contributed by atoms with Crippen LogP contribution in [0, 0.1) is 5.92 Å². The van der Waals surface area contributed by atoms with Gasteiger partial charge in [0.1, 0.15) is 19.0 Å². The molecule has 0 bridgehead atoms. The second-order valence-corrected chi connectivity index (χ2v) is 9.34. The Bertz CT molecular complexity index is 671. The van der Waals surface area contributed by atoms with Crippen molar-refractivity contribution >= 4 is 11.9 Å². The van der Waals surface area contributed by atoms with Crippen LogP contribution < -0.4 is 4.74 Å². The summed E-state index contributed by atoms with van der Waals surface area (Å²) in [5.41, 5.74) is 0. The highest BCUT2D eigenvalue weighted by molar-refractivity contribution is 5.80. The molecule has 5 heteroatoms. The van der Waals surface area contributed by atoms with Crippen molar-refractivity contribution in [3.63, 3.8) is 0 Å². The molecule has 1 aromatic rings. The molecule has 1 unspecified atom stereocenters. The molecule has 0 amide bonds. The SMILES string of the molecule is CCCCCCCCCCCCCCCCC=CC(CC(=O)OCCOc1ccccc1)C(=O)O. The van der Waals surface area contributed by atoms with Crippen molar-refractivity contribution in [1.82, 2.24) is 0 Å². The van der Waals surface area contributed by atoms with Crippen LogP contribution in [0.5, 0.6) is 5.75 Å². The van der Waals surface area contributed by atoms with E-state index in [1.807, 2.05) is 36.4 Å². The maximum Gasteiger partial charge on any atom is 0.310 e. The molecule has 0 aliphatic rings. The lowest BCUT2D eigenvalue weighted by molar-refractivity contribution is -0.150. The number of carboxylic acid groups (broad SMARTS) is 1. The molecule has 0 saturated heterocycles. The van der Waals surface area contributed by atoms with Gasteiger partial charge in [-0.3, -0.25) is 9.59 Å². The lowest BCUT2D eigenvalue weighted by atomic mass is 10.0. The van der Waals surface area contributed by atoms with Crippen molar-refractivity contribution in [3.05, 3.63) is 42.5 Å². The molecule has 0 radical (unpaired) electrons. The first kappa shape index (κ1) is 30.7. The zero-order valence-corrected chi connectivity index (χ0v) is 21.9. The summed E-state index contributed by atoms with van der Waals surface area (Å²) in [7, 11) is 0. The van der Waals surface area contributed by atoms with E-state index in [1.165, 1.54) is 83.5 Å². The quantitative estimate of drug-likeness (QED) is 0.0956. The number of carbonyl (C=O) groups excluding carboxylic acids is 1. The highest BCUT2D eigenvalue weighted by atomic mass is 16.6. The molecule has 0 heterocycles. The third-order valence-corrected chi connectivity index (χ3v) is 6.15. The average molecular weight is 489 g/mol. The number of carboxylic acids is 1. The summed E-state index contributed by atoms with van der Waals surface area (Å²) >= 11 is 0. The van der Waals surface area contributed by atoms with Crippen LogP contribution in [0.15, 0.2) is 42.5 Å². The molecule has 35 heavy (non-hydrogen) atoms. The minimum atomic E-state index is -1.00. The largest absolute Gasteiger partial charge is 0.490 e. The van der Waals surface area contributed by atoms with Gasteiger partial charge in [-0.1, -0.05) is 121 Å². The number of esters is 1. The standard InChI is InChI=1S/C30H48O5/c1-2-3-4-5-6-7-8-9-10-11-12-13-14-15-16-18-21-27(30(32)33)26-29(31)35-25-24-34-28-22-19-17-20-23-28/h17-23,27H,2-16,24-26H2,1H3,(H,32,33). The third kappa shape index (κ3) is 18.7. The zero-order chi connectivity index (χ0) is 25.4. The van der Waals surface area contributed by atoms with Gasteiger partial charge in [-0.15, -0.1) is 0 Å². The van der Waals surface area contributed by atoms with E-state index >= 15 is 0 Å². The van der Waals surface area contributed by atoms with E-state index in [1.54, 1.807) is 6.08 Å². The fourth-order valence-corrected chi connectivity index (χ4v) is 4.03. The minimum absolute atomic E-state index is 0.100. The van der Waals surface area contributed by atoms with Gasteiger partial charge >= 0.3 is 11.9 Å². The molecule has 1 aromatic carbocycles. The van der Waals surface area contributed by atoms with Crippen LogP contribution in [0.25, 0.3) is 0 Å². The number of para-hydroxylation sites is 1. The molecular weight excluding hydrogens is 440 g/mol. The predicted octanol–water partition coefficient (Wildman–Crippen LogP) is 8.13. The van der Waals surface area contributed by atoms with Crippen LogP contribution in [-0.2, 0) is 14.3 Å². The molecule has 0 aliphatic carbocycles. The molecule has 0 aromatic heterocycles. The van der Waals surface area contributed by atoms with Gasteiger partial charge in [-0.2, -0.15) is 0 Å². The van der Waals surface area contributed by atoms with Gasteiger partial charge in [0.15, 0.2) is 0 Å². The number of benzene rings is 1. The Hall–Kier alpha value is -2.30. The number of allylic oxidation sites excluding steroid dienone is 1. The molecule has 1 rings (SSSR count). The van der Waals surface area contributed by atoms with Gasteiger partial charge in [0.05, 0.1) is 12.3 Å². The molecule has 0 fully saturated rings. The lowest BCUT2D eigenvalue weighted by Crippen LogP contribution is -2.19. The van der Waals surface area contributed by atoms with E-state index in [9.17, 15) is 14.7 Å². The Morgan fingerprint density at radius 2 is 1.34 bits per heavy atom. The van der Waals surface area contributed by atoms with E-state index in [2.05, 4.69) is 6.92 Å². The molecule has 0 spiro atoms. The second-order valence-electron chi connectivity index (χ2n) is 9.34. The smallest absolute Gasteiger partial charge is 0.310 e. The fourth-order valence-electron chi connectivity index (χ4n) is 4.03. The maximum atomic E-state index is 12.0. The van der Waals surface area contributed by atoms with Gasteiger partial charge in [-0.05, 0) is 25.0 Å². The number of hydrogen-bond donors (Lipinski definition) is 1. The van der Waals surface area contributed by atoms with E-state index < -0.39 is 17.9 Å². The van der Waals surface area contributed by atoms with Crippen LogP contribution >= 0.6 is 0 Å². The third-order valence-electron chi connectivity index (χ3n) is 6.15. The summed E-state index contributed by atoms with van der Waals surface area (Å²) in [6.07, 6.45) is 22.7. The minimum Gasteiger partial charge on any atom is -0.490 e. The average Bonchev–Trinajstić information content (AvgIpc) is 2.86. The Balaban J connectivity index is 1.99. The molecule has 5 nitrogen and oxygen atoms in total. The Morgan fingerprint density at radius 3 is 1.89 bits per heavy atom. The van der Waals surface area contributed by atoms with Crippen LogP contribution in [0.2, 0.25) is 0 Å². The van der Waals surface area contributed by atoms with Crippen molar-refractivity contribution in [2.75, 3.05) is 13.2 Å². The van der Waals surface area contributed by atoms with Gasteiger partial charge < -0.3 is 14.6 Å². The summed E-state index contributed by atoms with van der Waals surface area (Å²) < 4.78 is 10.6. The normalized spacial score (nSPS) is 12.0. The number of ether oxygens (including phenoxy) is 2. The highest BCUT2D eigenvalue weighted by Crippen LogP contribution is 2.14. The number of hydrogen-bond acceptors (Lipinski definition) is 4. The van der Waals surface area contributed by atoms with Gasteiger partial charge in [-0.25, -0.2) is 0 Å². The monoisotopic (exact) mass is 488 g/mol. The van der Waals surface area contributed by atoms with Crippen molar-refractivity contribution in [1.29, 1.82) is 0 Å². The van der Waals surface area contributed by atoms with Gasteiger partial charge in [0.2, 0.25) is 0 Å². The first-order valence-electron chi connectivity index (χ1n) is 13.9.